The average molecular weight is 395 g/mol. The van der Waals surface area contributed by atoms with Crippen molar-refractivity contribution in [2.24, 2.45) is 0 Å². The molecule has 7 heteroatoms. The number of piperidine rings is 1. The largest absolute Gasteiger partial charge is 0.481 e. The minimum absolute atomic E-state index is 0.143. The fourth-order valence-corrected chi connectivity index (χ4v) is 4.47. The SMILES string of the molecule is CSc1nc(C(=O)N2CCC(C(=O)O)(c3ccccc3)CC2)c2ccccn12. The molecule has 1 aliphatic rings. The molecule has 28 heavy (non-hydrogen) atoms. The average Bonchev–Trinajstić information content (AvgIpc) is 3.12. The number of nitrogens with zero attached hydrogens (tertiary/aromatic N) is 3. The van der Waals surface area contributed by atoms with Crippen molar-refractivity contribution < 1.29 is 14.7 Å². The van der Waals surface area contributed by atoms with Crippen LogP contribution in [0.15, 0.2) is 59.9 Å². The first-order chi connectivity index (χ1) is 13.6. The number of hydrogen-bond acceptors (Lipinski definition) is 4. The van der Waals surface area contributed by atoms with Gasteiger partial charge in [-0.3, -0.25) is 14.0 Å². The van der Waals surface area contributed by atoms with Crippen molar-refractivity contribution in [2.45, 2.75) is 23.4 Å². The van der Waals surface area contributed by atoms with Crippen LogP contribution >= 0.6 is 11.8 Å². The molecule has 1 N–H and O–H groups in total. The van der Waals surface area contributed by atoms with Crippen LogP contribution in [0.1, 0.15) is 28.9 Å². The van der Waals surface area contributed by atoms with E-state index in [9.17, 15) is 14.7 Å². The van der Waals surface area contributed by atoms with Crippen LogP contribution in [-0.4, -0.2) is 50.6 Å². The number of hydrogen-bond donors (Lipinski definition) is 1. The van der Waals surface area contributed by atoms with Crippen LogP contribution in [-0.2, 0) is 10.2 Å². The predicted molar refractivity (Wildman–Crippen MR) is 108 cm³/mol. The number of thioether (sulfide) groups is 1. The fraction of sp³-hybridized carbons (Fsp3) is 0.286. The normalized spacial score (nSPS) is 16.2. The number of aromatic nitrogens is 2. The van der Waals surface area contributed by atoms with E-state index in [2.05, 4.69) is 4.98 Å². The quantitative estimate of drug-likeness (QED) is 0.686. The van der Waals surface area contributed by atoms with Gasteiger partial charge >= 0.3 is 5.97 Å². The molecule has 1 amide bonds. The van der Waals surface area contributed by atoms with E-state index in [1.165, 1.54) is 11.8 Å². The zero-order valence-corrected chi connectivity index (χ0v) is 16.4. The van der Waals surface area contributed by atoms with E-state index >= 15 is 0 Å². The topological polar surface area (TPSA) is 74.9 Å². The smallest absolute Gasteiger partial charge is 0.314 e. The summed E-state index contributed by atoms with van der Waals surface area (Å²) >= 11 is 1.49. The molecular weight excluding hydrogens is 374 g/mol. The highest BCUT2D eigenvalue weighted by atomic mass is 32.2. The molecule has 4 rings (SSSR count). The van der Waals surface area contributed by atoms with E-state index in [1.807, 2.05) is 65.4 Å². The molecule has 2 aromatic heterocycles. The summed E-state index contributed by atoms with van der Waals surface area (Å²) in [4.78, 5) is 31.5. The number of rotatable bonds is 4. The Balaban J connectivity index is 1.60. The Hall–Kier alpha value is -2.80. The summed E-state index contributed by atoms with van der Waals surface area (Å²) in [6.07, 6.45) is 4.60. The molecule has 0 radical (unpaired) electrons. The van der Waals surface area contributed by atoms with Crippen LogP contribution in [0, 0.1) is 0 Å². The number of aliphatic carboxylic acids is 1. The van der Waals surface area contributed by atoms with Crippen LogP contribution < -0.4 is 0 Å². The van der Waals surface area contributed by atoms with Gasteiger partial charge in [-0.1, -0.05) is 48.2 Å². The molecule has 1 saturated heterocycles. The van der Waals surface area contributed by atoms with Gasteiger partial charge < -0.3 is 10.0 Å². The van der Waals surface area contributed by atoms with Crippen molar-refractivity contribution >= 4 is 29.2 Å². The van der Waals surface area contributed by atoms with Gasteiger partial charge in [-0.15, -0.1) is 0 Å². The number of pyridine rings is 1. The lowest BCUT2D eigenvalue weighted by molar-refractivity contribution is -0.145. The molecule has 1 fully saturated rings. The lowest BCUT2D eigenvalue weighted by Crippen LogP contribution is -2.49. The van der Waals surface area contributed by atoms with Crippen LogP contribution in [0.5, 0.6) is 0 Å². The minimum Gasteiger partial charge on any atom is -0.481 e. The van der Waals surface area contributed by atoms with Gasteiger partial charge in [0.2, 0.25) is 0 Å². The minimum atomic E-state index is -0.946. The first-order valence-electron chi connectivity index (χ1n) is 9.16. The molecule has 0 atom stereocenters. The molecule has 0 unspecified atom stereocenters. The number of benzene rings is 1. The maximum absolute atomic E-state index is 13.2. The van der Waals surface area contributed by atoms with Gasteiger partial charge in [0.15, 0.2) is 10.9 Å². The van der Waals surface area contributed by atoms with Gasteiger partial charge in [0.25, 0.3) is 5.91 Å². The van der Waals surface area contributed by atoms with E-state index in [4.69, 9.17) is 0 Å². The summed E-state index contributed by atoms with van der Waals surface area (Å²) in [5.41, 5.74) is 1.05. The Morgan fingerprint density at radius 2 is 1.75 bits per heavy atom. The Labute approximate surface area is 167 Å². The summed E-state index contributed by atoms with van der Waals surface area (Å²) in [7, 11) is 0. The van der Waals surface area contributed by atoms with E-state index in [-0.39, 0.29) is 5.91 Å². The third kappa shape index (κ3) is 2.96. The lowest BCUT2D eigenvalue weighted by Gasteiger charge is -2.39. The van der Waals surface area contributed by atoms with Crippen molar-refractivity contribution in [1.82, 2.24) is 14.3 Å². The van der Waals surface area contributed by atoms with Gasteiger partial charge in [-0.2, -0.15) is 0 Å². The predicted octanol–water partition coefficient (Wildman–Crippen LogP) is 3.31. The summed E-state index contributed by atoms with van der Waals surface area (Å²) in [5, 5.41) is 10.7. The molecule has 0 spiro atoms. The second-order valence-corrected chi connectivity index (χ2v) is 7.72. The number of carbonyl (C=O) groups is 2. The third-order valence-corrected chi connectivity index (χ3v) is 6.19. The number of carboxylic acid groups (broad SMARTS) is 1. The Morgan fingerprint density at radius 1 is 1.07 bits per heavy atom. The molecule has 3 heterocycles. The van der Waals surface area contributed by atoms with Crippen LogP contribution in [0.2, 0.25) is 0 Å². The van der Waals surface area contributed by atoms with Crippen molar-refractivity contribution in [1.29, 1.82) is 0 Å². The second-order valence-electron chi connectivity index (χ2n) is 6.95. The number of imidazole rings is 1. The molecule has 1 aromatic carbocycles. The van der Waals surface area contributed by atoms with Crippen molar-refractivity contribution in [3.05, 3.63) is 66.0 Å². The van der Waals surface area contributed by atoms with E-state index in [0.29, 0.717) is 31.6 Å². The molecule has 3 aromatic rings. The standard InChI is InChI=1S/C21H21N3O3S/c1-28-20-22-17(16-9-5-6-12-24(16)20)18(25)23-13-10-21(11-14-23,19(26)27)15-7-3-2-4-8-15/h2-9,12H,10-11,13-14H2,1H3,(H,26,27). The number of likely N-dealkylation sites (tertiary alicyclic amines) is 1. The molecule has 0 aliphatic carbocycles. The Kier molecular flexibility index (Phi) is 4.85. The Morgan fingerprint density at radius 3 is 2.39 bits per heavy atom. The molecule has 1 aliphatic heterocycles. The number of fused-ring (bicyclic) bond motifs is 1. The number of carbonyl (C=O) groups excluding carboxylic acids is 1. The van der Waals surface area contributed by atoms with Gasteiger partial charge in [-0.25, -0.2) is 4.98 Å². The van der Waals surface area contributed by atoms with Gasteiger partial charge in [0.1, 0.15) is 0 Å². The van der Waals surface area contributed by atoms with Crippen molar-refractivity contribution in [3.8, 4) is 0 Å². The summed E-state index contributed by atoms with van der Waals surface area (Å²) in [5.74, 6) is -0.973. The molecule has 0 bridgehead atoms. The van der Waals surface area contributed by atoms with Crippen LogP contribution in [0.25, 0.3) is 5.52 Å². The first-order valence-corrected chi connectivity index (χ1v) is 10.4. The van der Waals surface area contributed by atoms with Gasteiger partial charge in [-0.05, 0) is 36.8 Å². The molecule has 6 nitrogen and oxygen atoms in total. The van der Waals surface area contributed by atoms with E-state index < -0.39 is 11.4 Å². The zero-order valence-electron chi connectivity index (χ0n) is 15.5. The maximum atomic E-state index is 13.2. The molecular formula is C21H21N3O3S. The first kappa shape index (κ1) is 18.6. The summed E-state index contributed by atoms with van der Waals surface area (Å²) < 4.78 is 1.91. The molecule has 0 saturated carbocycles. The zero-order chi connectivity index (χ0) is 19.7. The van der Waals surface area contributed by atoms with Crippen molar-refractivity contribution in [3.63, 3.8) is 0 Å². The summed E-state index contributed by atoms with van der Waals surface area (Å²) in [6, 6.07) is 15.0. The monoisotopic (exact) mass is 395 g/mol. The number of amides is 1. The third-order valence-electron chi connectivity index (χ3n) is 5.54. The highest BCUT2D eigenvalue weighted by Gasteiger charge is 2.44. The van der Waals surface area contributed by atoms with E-state index in [1.54, 1.807) is 4.90 Å². The highest BCUT2D eigenvalue weighted by Crippen LogP contribution is 2.36. The maximum Gasteiger partial charge on any atom is 0.314 e. The highest BCUT2D eigenvalue weighted by molar-refractivity contribution is 7.98. The lowest BCUT2D eigenvalue weighted by atomic mass is 9.73. The molecule has 144 valence electrons. The van der Waals surface area contributed by atoms with E-state index in [0.717, 1.165) is 16.2 Å². The Bertz CT molecular complexity index is 1020. The van der Waals surface area contributed by atoms with Gasteiger partial charge in [0.05, 0.1) is 10.9 Å². The van der Waals surface area contributed by atoms with Crippen molar-refractivity contribution in [2.75, 3.05) is 19.3 Å². The second kappa shape index (κ2) is 7.31. The van der Waals surface area contributed by atoms with Crippen LogP contribution in [0.4, 0.5) is 0 Å². The van der Waals surface area contributed by atoms with Crippen LogP contribution in [0.3, 0.4) is 0 Å². The fourth-order valence-electron chi connectivity index (χ4n) is 3.94. The summed E-state index contributed by atoms with van der Waals surface area (Å²) in [6.45, 7) is 0.779. The van der Waals surface area contributed by atoms with Gasteiger partial charge in [0, 0.05) is 19.3 Å². The number of carboxylic acids is 1.